The summed E-state index contributed by atoms with van der Waals surface area (Å²) < 4.78 is 19.0. The van der Waals surface area contributed by atoms with Gasteiger partial charge in [0.1, 0.15) is 0 Å². The van der Waals surface area contributed by atoms with Gasteiger partial charge in [-0.05, 0) is 19.9 Å². The summed E-state index contributed by atoms with van der Waals surface area (Å²) in [6.45, 7) is 4.59. The van der Waals surface area contributed by atoms with Crippen molar-refractivity contribution in [3.05, 3.63) is 23.6 Å². The van der Waals surface area contributed by atoms with E-state index in [-0.39, 0.29) is 23.3 Å². The van der Waals surface area contributed by atoms with E-state index in [2.05, 4.69) is 10.3 Å². The number of halogens is 1. The molecule has 6 heteroatoms. The van der Waals surface area contributed by atoms with Crippen molar-refractivity contribution in [2.75, 3.05) is 32.6 Å². The molecule has 106 valence electrons. The quantitative estimate of drug-likeness (QED) is 0.855. The van der Waals surface area contributed by atoms with Crippen LogP contribution in [0, 0.1) is 5.82 Å². The number of nitrogens with zero attached hydrogens (tertiary/aromatic N) is 2. The number of methoxy groups -OCH3 is 1. The van der Waals surface area contributed by atoms with Gasteiger partial charge in [-0.1, -0.05) is 0 Å². The first-order valence-corrected chi connectivity index (χ1v) is 6.15. The number of nitrogens with one attached hydrogen (secondary N) is 1. The molecule has 1 aromatic heterocycles. The smallest absolute Gasteiger partial charge is 0.257 e. The number of carbonyl (C=O) groups is 1. The van der Waals surface area contributed by atoms with Crippen LogP contribution in [0.3, 0.4) is 0 Å². The normalized spacial score (nSPS) is 10.6. The summed E-state index contributed by atoms with van der Waals surface area (Å²) in [5, 5.41) is 2.62. The van der Waals surface area contributed by atoms with E-state index in [1.165, 1.54) is 12.3 Å². The van der Waals surface area contributed by atoms with Crippen LogP contribution in [0.25, 0.3) is 0 Å². The van der Waals surface area contributed by atoms with Crippen LogP contribution < -0.4 is 5.32 Å². The molecule has 1 N–H and O–H groups in total. The SMILES string of the molecule is CNc1nccc(C(=O)N(CCOC)C(C)C)c1F. The van der Waals surface area contributed by atoms with Crippen molar-refractivity contribution in [1.29, 1.82) is 0 Å². The Kier molecular flexibility index (Phi) is 5.69. The number of rotatable bonds is 6. The van der Waals surface area contributed by atoms with Crippen molar-refractivity contribution < 1.29 is 13.9 Å². The van der Waals surface area contributed by atoms with Gasteiger partial charge in [0, 0.05) is 32.9 Å². The first-order chi connectivity index (χ1) is 9.02. The zero-order chi connectivity index (χ0) is 14.4. The monoisotopic (exact) mass is 269 g/mol. The van der Waals surface area contributed by atoms with E-state index in [4.69, 9.17) is 4.74 Å². The maximum absolute atomic E-state index is 14.1. The third kappa shape index (κ3) is 3.64. The summed E-state index contributed by atoms with van der Waals surface area (Å²) in [7, 11) is 3.12. The zero-order valence-corrected chi connectivity index (χ0v) is 11.7. The van der Waals surface area contributed by atoms with E-state index < -0.39 is 5.82 Å². The predicted molar refractivity (Wildman–Crippen MR) is 71.8 cm³/mol. The zero-order valence-electron chi connectivity index (χ0n) is 11.7. The Morgan fingerprint density at radius 3 is 2.79 bits per heavy atom. The van der Waals surface area contributed by atoms with E-state index in [1.807, 2.05) is 13.8 Å². The molecule has 0 atom stereocenters. The first-order valence-electron chi connectivity index (χ1n) is 6.15. The molecule has 5 nitrogen and oxygen atoms in total. The summed E-state index contributed by atoms with van der Waals surface area (Å²) in [5.74, 6) is -0.914. The predicted octanol–water partition coefficient (Wildman–Crippen LogP) is 1.76. The fourth-order valence-corrected chi connectivity index (χ4v) is 1.72. The Morgan fingerprint density at radius 2 is 2.26 bits per heavy atom. The highest BCUT2D eigenvalue weighted by molar-refractivity contribution is 5.95. The lowest BCUT2D eigenvalue weighted by Gasteiger charge is -2.26. The van der Waals surface area contributed by atoms with Crippen LogP contribution in [0.5, 0.6) is 0 Å². The second-order valence-corrected chi connectivity index (χ2v) is 4.36. The van der Waals surface area contributed by atoms with Gasteiger partial charge in [-0.3, -0.25) is 4.79 Å². The molecule has 1 heterocycles. The molecule has 1 aromatic rings. The van der Waals surface area contributed by atoms with Crippen molar-refractivity contribution in [2.24, 2.45) is 0 Å². The molecule has 0 unspecified atom stereocenters. The van der Waals surface area contributed by atoms with Crippen molar-refractivity contribution >= 4 is 11.7 Å². The lowest BCUT2D eigenvalue weighted by molar-refractivity contribution is 0.0630. The highest BCUT2D eigenvalue weighted by Crippen LogP contribution is 2.17. The molecule has 0 spiro atoms. The molecule has 0 aromatic carbocycles. The van der Waals surface area contributed by atoms with Gasteiger partial charge in [-0.2, -0.15) is 0 Å². The maximum atomic E-state index is 14.1. The van der Waals surface area contributed by atoms with Crippen LogP contribution in [0.2, 0.25) is 0 Å². The number of hydrogen-bond donors (Lipinski definition) is 1. The number of anilines is 1. The second-order valence-electron chi connectivity index (χ2n) is 4.36. The van der Waals surface area contributed by atoms with Crippen LogP contribution in [0.15, 0.2) is 12.3 Å². The minimum atomic E-state index is -0.627. The molecular formula is C13H20FN3O2. The van der Waals surface area contributed by atoms with E-state index in [0.29, 0.717) is 13.2 Å². The van der Waals surface area contributed by atoms with Crippen molar-refractivity contribution in [2.45, 2.75) is 19.9 Å². The number of pyridine rings is 1. The second kappa shape index (κ2) is 7.04. The summed E-state index contributed by atoms with van der Waals surface area (Å²) >= 11 is 0. The highest BCUT2D eigenvalue weighted by atomic mass is 19.1. The minimum absolute atomic E-state index is 0.0177. The van der Waals surface area contributed by atoms with Crippen LogP contribution >= 0.6 is 0 Å². The van der Waals surface area contributed by atoms with Crippen LogP contribution in [-0.2, 0) is 4.74 Å². The van der Waals surface area contributed by atoms with Crippen LogP contribution in [0.1, 0.15) is 24.2 Å². The number of hydrogen-bond acceptors (Lipinski definition) is 4. The third-order valence-electron chi connectivity index (χ3n) is 2.78. The Morgan fingerprint density at radius 1 is 1.58 bits per heavy atom. The third-order valence-corrected chi connectivity index (χ3v) is 2.78. The number of carbonyl (C=O) groups excluding carboxylic acids is 1. The fraction of sp³-hybridized carbons (Fsp3) is 0.538. The molecule has 0 fully saturated rings. The van der Waals surface area contributed by atoms with E-state index >= 15 is 0 Å². The van der Waals surface area contributed by atoms with Crippen LogP contribution in [-0.4, -0.2) is 49.1 Å². The molecule has 0 saturated heterocycles. The largest absolute Gasteiger partial charge is 0.383 e. The highest BCUT2D eigenvalue weighted by Gasteiger charge is 2.23. The summed E-state index contributed by atoms with van der Waals surface area (Å²) in [6.07, 6.45) is 1.41. The van der Waals surface area contributed by atoms with Gasteiger partial charge in [0.05, 0.1) is 12.2 Å². The topological polar surface area (TPSA) is 54.5 Å². The lowest BCUT2D eigenvalue weighted by Crippen LogP contribution is -2.39. The van der Waals surface area contributed by atoms with Crippen molar-refractivity contribution in [3.63, 3.8) is 0 Å². The Bertz CT molecular complexity index is 438. The van der Waals surface area contributed by atoms with Gasteiger partial charge in [-0.15, -0.1) is 0 Å². The molecule has 0 bridgehead atoms. The van der Waals surface area contributed by atoms with E-state index in [1.54, 1.807) is 19.1 Å². The number of amides is 1. The molecule has 0 aliphatic rings. The van der Waals surface area contributed by atoms with Gasteiger partial charge >= 0.3 is 0 Å². The Balaban J connectivity index is 3.02. The number of ether oxygens (including phenoxy) is 1. The van der Waals surface area contributed by atoms with E-state index in [9.17, 15) is 9.18 Å². The van der Waals surface area contributed by atoms with Crippen molar-refractivity contribution in [3.8, 4) is 0 Å². The molecule has 0 radical (unpaired) electrons. The van der Waals surface area contributed by atoms with Crippen molar-refractivity contribution in [1.82, 2.24) is 9.88 Å². The summed E-state index contributed by atoms with van der Waals surface area (Å²) in [5.41, 5.74) is 0.0177. The van der Waals surface area contributed by atoms with Gasteiger partial charge in [-0.25, -0.2) is 9.37 Å². The molecule has 1 rings (SSSR count). The first kappa shape index (κ1) is 15.4. The van der Waals surface area contributed by atoms with Gasteiger partial charge in [0.15, 0.2) is 11.6 Å². The van der Waals surface area contributed by atoms with E-state index in [0.717, 1.165) is 0 Å². The molecular weight excluding hydrogens is 249 g/mol. The molecule has 19 heavy (non-hydrogen) atoms. The molecule has 0 saturated carbocycles. The fourth-order valence-electron chi connectivity index (χ4n) is 1.72. The standard InChI is InChI=1S/C13H20FN3O2/c1-9(2)17(7-8-19-4)13(18)10-5-6-16-12(15-3)11(10)14/h5-6,9H,7-8H2,1-4H3,(H,15,16). The minimum Gasteiger partial charge on any atom is -0.383 e. The molecule has 0 aliphatic carbocycles. The maximum Gasteiger partial charge on any atom is 0.257 e. The number of aromatic nitrogens is 1. The molecule has 0 aliphatic heterocycles. The summed E-state index contributed by atoms with van der Waals surface area (Å²) in [6, 6.07) is 1.36. The summed E-state index contributed by atoms with van der Waals surface area (Å²) in [4.78, 5) is 17.8. The molecule has 1 amide bonds. The van der Waals surface area contributed by atoms with Gasteiger partial charge < -0.3 is 15.0 Å². The average molecular weight is 269 g/mol. The van der Waals surface area contributed by atoms with Gasteiger partial charge in [0.2, 0.25) is 0 Å². The average Bonchev–Trinajstić information content (AvgIpc) is 2.38. The lowest BCUT2D eigenvalue weighted by atomic mass is 10.2. The van der Waals surface area contributed by atoms with Gasteiger partial charge in [0.25, 0.3) is 5.91 Å². The van der Waals surface area contributed by atoms with Crippen LogP contribution in [0.4, 0.5) is 10.2 Å². The Labute approximate surface area is 112 Å². The Hall–Kier alpha value is -1.69.